The van der Waals surface area contributed by atoms with Crippen LogP contribution in [0.4, 0.5) is 0 Å². The number of esters is 2. The molecule has 0 saturated carbocycles. The smallest absolute Gasteiger partial charge is 0.361 e. The number of carboxylic acids is 1. The van der Waals surface area contributed by atoms with Gasteiger partial charge in [-0.1, -0.05) is 173 Å². The summed E-state index contributed by atoms with van der Waals surface area (Å²) < 4.78 is 22.7. The quantitative estimate of drug-likeness (QED) is 0.0212. The monoisotopic (exact) mass is 837 g/mol. The third-order valence-electron chi connectivity index (χ3n) is 10.7. The summed E-state index contributed by atoms with van der Waals surface area (Å²) in [4.78, 5) is 37.1. The Kier molecular flexibility index (Phi) is 40.9. The molecule has 346 valence electrons. The highest BCUT2D eigenvalue weighted by molar-refractivity contribution is 5.71. The van der Waals surface area contributed by atoms with E-state index >= 15 is 0 Å². The van der Waals surface area contributed by atoms with Crippen LogP contribution >= 0.6 is 0 Å². The average Bonchev–Trinajstić information content (AvgIpc) is 3.19. The largest absolute Gasteiger partial charge is 0.477 e. The van der Waals surface area contributed by atoms with Crippen molar-refractivity contribution in [3.63, 3.8) is 0 Å². The Morgan fingerprint density at radius 3 is 1.31 bits per heavy atom. The summed E-state index contributed by atoms with van der Waals surface area (Å²) in [5.74, 6) is -2.01. The Morgan fingerprint density at radius 2 is 0.881 bits per heavy atom. The molecule has 0 saturated heterocycles. The van der Waals surface area contributed by atoms with E-state index in [1.165, 1.54) is 128 Å². The minimum absolute atomic E-state index is 0.184. The minimum atomic E-state index is -1.51. The first-order valence-corrected chi connectivity index (χ1v) is 24.5. The van der Waals surface area contributed by atoms with Crippen LogP contribution in [0.1, 0.15) is 219 Å². The number of carbonyl (C=O) groups is 3. The zero-order valence-electron chi connectivity index (χ0n) is 39.2. The van der Waals surface area contributed by atoms with Gasteiger partial charge in [-0.3, -0.25) is 9.59 Å². The van der Waals surface area contributed by atoms with E-state index in [2.05, 4.69) is 38.2 Å². The van der Waals surface area contributed by atoms with Crippen molar-refractivity contribution in [2.45, 2.75) is 232 Å². The number of unbranched alkanes of at least 4 members (excludes halogenated alkanes) is 26. The van der Waals surface area contributed by atoms with Gasteiger partial charge in [0.25, 0.3) is 6.29 Å². The van der Waals surface area contributed by atoms with E-state index in [0.717, 1.165) is 64.2 Å². The lowest BCUT2D eigenvalue weighted by Crippen LogP contribution is -2.40. The summed E-state index contributed by atoms with van der Waals surface area (Å²) in [7, 11) is 5.96. The maximum atomic E-state index is 12.8. The number of hydrogen-bond donors (Lipinski definition) is 1. The number of allylic oxidation sites excluding steroid dienone is 4. The van der Waals surface area contributed by atoms with Crippen LogP contribution in [0.25, 0.3) is 0 Å². The van der Waals surface area contributed by atoms with E-state index in [1.54, 1.807) is 0 Å². The van der Waals surface area contributed by atoms with E-state index in [0.29, 0.717) is 17.4 Å². The third kappa shape index (κ3) is 43.7. The molecule has 0 aliphatic heterocycles. The Morgan fingerprint density at radius 1 is 0.492 bits per heavy atom. The minimum Gasteiger partial charge on any atom is -0.477 e. The summed E-state index contributed by atoms with van der Waals surface area (Å²) in [6.45, 7) is 4.84. The standard InChI is InChI=1S/C50H93NO8/c1-6-8-10-12-14-16-18-19-20-21-22-23-24-25-26-27-28-29-31-33-35-37-39-41-48(53)59-46(45-58-50(49(54)55)56-43-42-51(3,4)5)44-57-47(52)40-38-36-34-32-30-17-15-13-11-9-7-2/h13,15,21-22,46,50H,6-12,14,16-20,23-45H2,1-5H3/p+1/b15-13-,22-21-. The number of ether oxygens (including phenoxy) is 4. The van der Waals surface area contributed by atoms with Crippen molar-refractivity contribution >= 4 is 17.9 Å². The van der Waals surface area contributed by atoms with Crippen LogP contribution in [0.15, 0.2) is 24.3 Å². The molecule has 0 aromatic carbocycles. The van der Waals surface area contributed by atoms with Gasteiger partial charge in [-0.2, -0.15) is 0 Å². The van der Waals surface area contributed by atoms with Crippen LogP contribution in [-0.2, 0) is 33.3 Å². The van der Waals surface area contributed by atoms with Gasteiger partial charge in [0.05, 0.1) is 34.4 Å². The number of likely N-dealkylation sites (N-methyl/N-ethyl adjacent to an activating group) is 1. The van der Waals surface area contributed by atoms with Crippen LogP contribution < -0.4 is 0 Å². The number of carboxylic acid groups (broad SMARTS) is 1. The molecule has 0 rings (SSSR count). The Balaban J connectivity index is 4.27. The van der Waals surface area contributed by atoms with Gasteiger partial charge < -0.3 is 28.5 Å². The predicted octanol–water partition coefficient (Wildman–Crippen LogP) is 13.2. The Hall–Kier alpha value is -2.23. The normalized spacial score (nSPS) is 13.0. The second-order valence-electron chi connectivity index (χ2n) is 17.8. The van der Waals surface area contributed by atoms with Crippen molar-refractivity contribution in [2.24, 2.45) is 0 Å². The van der Waals surface area contributed by atoms with Crippen LogP contribution in [0.2, 0.25) is 0 Å². The zero-order chi connectivity index (χ0) is 43.5. The lowest BCUT2D eigenvalue weighted by molar-refractivity contribution is -0.870. The summed E-state index contributed by atoms with van der Waals surface area (Å²) in [6, 6.07) is 0. The first-order chi connectivity index (χ1) is 28.6. The SMILES string of the molecule is CCCC/C=C\CCCCCCCC(=O)OCC(COC(OCC[N+](C)(C)C)C(=O)O)OC(=O)CCCCCCCCCCCCC/C=C\CCCCCCCCCC. The first-order valence-electron chi connectivity index (χ1n) is 24.5. The number of carbonyl (C=O) groups excluding carboxylic acids is 2. The van der Waals surface area contributed by atoms with Gasteiger partial charge in [0.15, 0.2) is 6.10 Å². The second kappa shape index (κ2) is 42.5. The molecule has 0 heterocycles. The fourth-order valence-electron chi connectivity index (χ4n) is 6.81. The molecule has 9 heteroatoms. The molecule has 1 N–H and O–H groups in total. The molecule has 0 fully saturated rings. The summed E-state index contributed by atoms with van der Waals surface area (Å²) in [5, 5.41) is 9.64. The van der Waals surface area contributed by atoms with Gasteiger partial charge in [-0.25, -0.2) is 4.79 Å². The third-order valence-corrected chi connectivity index (χ3v) is 10.7. The topological polar surface area (TPSA) is 108 Å². The highest BCUT2D eigenvalue weighted by Crippen LogP contribution is 2.15. The molecule has 0 bridgehead atoms. The van der Waals surface area contributed by atoms with Crippen LogP contribution in [0, 0.1) is 0 Å². The maximum absolute atomic E-state index is 12.8. The fourth-order valence-corrected chi connectivity index (χ4v) is 6.81. The summed E-state index contributed by atoms with van der Waals surface area (Å²) in [6.07, 6.45) is 43.9. The van der Waals surface area contributed by atoms with Crippen LogP contribution in [-0.4, -0.2) is 87.4 Å². The molecule has 59 heavy (non-hydrogen) atoms. The van der Waals surface area contributed by atoms with E-state index in [9.17, 15) is 19.5 Å². The van der Waals surface area contributed by atoms with Gasteiger partial charge in [0.2, 0.25) is 0 Å². The van der Waals surface area contributed by atoms with E-state index in [-0.39, 0.29) is 32.2 Å². The van der Waals surface area contributed by atoms with E-state index in [4.69, 9.17) is 18.9 Å². The van der Waals surface area contributed by atoms with Crippen molar-refractivity contribution in [1.29, 1.82) is 0 Å². The number of nitrogens with zero attached hydrogens (tertiary/aromatic N) is 1. The van der Waals surface area contributed by atoms with Crippen molar-refractivity contribution in [3.05, 3.63) is 24.3 Å². The van der Waals surface area contributed by atoms with Gasteiger partial charge in [-0.05, 0) is 57.8 Å². The van der Waals surface area contributed by atoms with Gasteiger partial charge in [0.1, 0.15) is 13.2 Å². The average molecular weight is 837 g/mol. The number of hydrogen-bond acceptors (Lipinski definition) is 7. The molecule has 0 aromatic rings. The number of quaternary nitrogens is 1. The molecule has 2 atom stereocenters. The maximum Gasteiger partial charge on any atom is 0.361 e. The number of rotatable bonds is 45. The van der Waals surface area contributed by atoms with E-state index < -0.39 is 24.3 Å². The molecule has 9 nitrogen and oxygen atoms in total. The first kappa shape index (κ1) is 56.8. The summed E-state index contributed by atoms with van der Waals surface area (Å²) in [5.41, 5.74) is 0. The van der Waals surface area contributed by atoms with Crippen molar-refractivity contribution < 1.29 is 42.9 Å². The molecular weight excluding hydrogens is 743 g/mol. The van der Waals surface area contributed by atoms with Gasteiger partial charge in [0, 0.05) is 12.8 Å². The Bertz CT molecular complexity index is 1020. The molecule has 0 aromatic heterocycles. The highest BCUT2D eigenvalue weighted by atomic mass is 16.7. The van der Waals surface area contributed by atoms with Crippen LogP contribution in [0.5, 0.6) is 0 Å². The highest BCUT2D eigenvalue weighted by Gasteiger charge is 2.25. The van der Waals surface area contributed by atoms with Gasteiger partial charge in [-0.15, -0.1) is 0 Å². The molecular formula is C50H94NO8+. The Labute approximate surface area is 363 Å². The van der Waals surface area contributed by atoms with Crippen molar-refractivity contribution in [2.75, 3.05) is 47.5 Å². The van der Waals surface area contributed by atoms with Crippen LogP contribution in [0.3, 0.4) is 0 Å². The predicted molar refractivity (Wildman–Crippen MR) is 244 cm³/mol. The number of aliphatic carboxylic acids is 1. The van der Waals surface area contributed by atoms with Crippen molar-refractivity contribution in [1.82, 2.24) is 0 Å². The van der Waals surface area contributed by atoms with Gasteiger partial charge >= 0.3 is 17.9 Å². The molecule has 2 unspecified atom stereocenters. The fraction of sp³-hybridized carbons (Fsp3) is 0.860. The lowest BCUT2D eigenvalue weighted by Gasteiger charge is -2.25. The van der Waals surface area contributed by atoms with Crippen molar-refractivity contribution in [3.8, 4) is 0 Å². The second-order valence-corrected chi connectivity index (χ2v) is 17.8. The zero-order valence-corrected chi connectivity index (χ0v) is 39.2. The van der Waals surface area contributed by atoms with E-state index in [1.807, 2.05) is 21.1 Å². The molecule has 0 amide bonds. The summed E-state index contributed by atoms with van der Waals surface area (Å²) >= 11 is 0. The molecule has 0 radical (unpaired) electrons. The molecule has 0 spiro atoms. The molecule has 0 aliphatic carbocycles. The lowest BCUT2D eigenvalue weighted by atomic mass is 10.0. The molecule has 0 aliphatic rings.